The average molecular weight is 607 g/mol. The molecule has 0 fully saturated rings. The zero-order chi connectivity index (χ0) is 30.5. The summed E-state index contributed by atoms with van der Waals surface area (Å²) in [6.07, 6.45) is 0. The molecule has 6 aromatic carbocycles. The molecule has 4 nitrogen and oxygen atoms in total. The molecule has 0 bridgehead atoms. The topological polar surface area (TPSA) is 43.1 Å². The molecule has 0 radical (unpaired) electrons. The Morgan fingerprint density at radius 2 is 0.913 bits per heavy atom. The van der Waals surface area contributed by atoms with Crippen molar-refractivity contribution in [2.45, 2.75) is 0 Å². The minimum atomic E-state index is 0.653. The molecule has 3 heterocycles. The van der Waals surface area contributed by atoms with E-state index in [0.29, 0.717) is 17.5 Å². The maximum Gasteiger partial charge on any atom is 0.164 e. The van der Waals surface area contributed by atoms with E-state index in [9.17, 15) is 0 Å². The minimum absolute atomic E-state index is 0.653. The van der Waals surface area contributed by atoms with Gasteiger partial charge in [0, 0.05) is 33.2 Å². The fourth-order valence-corrected chi connectivity index (χ4v) is 7.59. The van der Waals surface area contributed by atoms with Crippen molar-refractivity contribution in [2.24, 2.45) is 0 Å². The van der Waals surface area contributed by atoms with Crippen LogP contribution in [-0.2, 0) is 0 Å². The van der Waals surface area contributed by atoms with Crippen LogP contribution in [-0.4, -0.2) is 19.4 Å². The van der Waals surface area contributed by atoms with Crippen LogP contribution < -0.4 is 0 Å². The van der Waals surface area contributed by atoms with Gasteiger partial charge in [-0.1, -0.05) is 146 Å². The molecule has 46 heavy (non-hydrogen) atoms. The predicted molar refractivity (Wildman–Crippen MR) is 191 cm³/mol. The van der Waals surface area contributed by atoms with Gasteiger partial charge in [0.05, 0.1) is 15.7 Å². The van der Waals surface area contributed by atoms with Crippen molar-refractivity contribution < 1.29 is 0 Å². The van der Waals surface area contributed by atoms with E-state index < -0.39 is 0 Å². The first-order valence-electron chi connectivity index (χ1n) is 15.3. The number of fused-ring (bicyclic) bond motifs is 5. The number of hydrogen-bond donors (Lipinski definition) is 0. The van der Waals surface area contributed by atoms with Gasteiger partial charge < -0.3 is 0 Å². The Kier molecular flexibility index (Phi) is 6.28. The maximum absolute atomic E-state index is 4.93. The van der Waals surface area contributed by atoms with Crippen molar-refractivity contribution >= 4 is 37.3 Å². The van der Waals surface area contributed by atoms with Gasteiger partial charge in [0.25, 0.3) is 0 Å². The summed E-state index contributed by atoms with van der Waals surface area (Å²) in [5.41, 5.74) is 10.2. The second kappa shape index (κ2) is 10.9. The molecule has 0 unspecified atom stereocenters. The number of nitrogens with zero attached hydrogens (tertiary/aromatic N) is 4. The standard InChI is InChI=1S/C41H26N4S/c1-4-13-27(14-5-1)32-20-12-22-35-37(32)45-34-21-11-10-19-33(34)36(41(45)46-35)28-23-25-31(26-24-28)40-43-38(29-15-6-2-7-16-29)42-39(44-40)30-17-8-3-9-18-30/h1-26H. The Hall–Kier alpha value is -5.91. The summed E-state index contributed by atoms with van der Waals surface area (Å²) in [4.78, 5) is 16.0. The molecule has 3 aromatic heterocycles. The predicted octanol–water partition coefficient (Wildman–Crippen LogP) is 10.8. The van der Waals surface area contributed by atoms with Gasteiger partial charge in [-0.25, -0.2) is 15.0 Å². The first-order valence-corrected chi connectivity index (χ1v) is 16.1. The molecule has 0 saturated carbocycles. The molecule has 0 aliphatic carbocycles. The Labute approximate surface area is 269 Å². The number of thiazole rings is 1. The maximum atomic E-state index is 4.93. The van der Waals surface area contributed by atoms with Crippen molar-refractivity contribution in [3.8, 4) is 56.4 Å². The average Bonchev–Trinajstić information content (AvgIpc) is 3.67. The molecule has 0 aliphatic rings. The van der Waals surface area contributed by atoms with Crippen molar-refractivity contribution in [3.63, 3.8) is 0 Å². The van der Waals surface area contributed by atoms with Crippen molar-refractivity contribution in [1.82, 2.24) is 19.4 Å². The smallest absolute Gasteiger partial charge is 0.164 e. The molecular weight excluding hydrogens is 581 g/mol. The normalized spacial score (nSPS) is 11.5. The molecule has 9 aromatic rings. The monoisotopic (exact) mass is 606 g/mol. The van der Waals surface area contributed by atoms with Crippen LogP contribution in [0, 0.1) is 0 Å². The summed E-state index contributed by atoms with van der Waals surface area (Å²) in [7, 11) is 0. The second-order valence-electron chi connectivity index (χ2n) is 11.3. The van der Waals surface area contributed by atoms with Crippen molar-refractivity contribution in [2.75, 3.05) is 0 Å². The van der Waals surface area contributed by atoms with Gasteiger partial charge in [-0.2, -0.15) is 0 Å². The number of aromatic nitrogens is 4. The van der Waals surface area contributed by atoms with Gasteiger partial charge >= 0.3 is 0 Å². The highest BCUT2D eigenvalue weighted by Crippen LogP contribution is 2.44. The van der Waals surface area contributed by atoms with E-state index >= 15 is 0 Å². The molecular formula is C41H26N4S. The van der Waals surface area contributed by atoms with Gasteiger partial charge in [-0.05, 0) is 23.3 Å². The van der Waals surface area contributed by atoms with Crippen LogP contribution in [0.4, 0.5) is 0 Å². The molecule has 5 heteroatoms. The summed E-state index contributed by atoms with van der Waals surface area (Å²) < 4.78 is 3.72. The highest BCUT2D eigenvalue weighted by molar-refractivity contribution is 7.24. The lowest BCUT2D eigenvalue weighted by atomic mass is 10.0. The van der Waals surface area contributed by atoms with E-state index in [4.69, 9.17) is 15.0 Å². The number of rotatable bonds is 5. The molecule has 0 N–H and O–H groups in total. The van der Waals surface area contributed by atoms with Gasteiger partial charge in [0.2, 0.25) is 0 Å². The lowest BCUT2D eigenvalue weighted by molar-refractivity contribution is 1.07. The number of para-hydroxylation sites is 2. The van der Waals surface area contributed by atoms with Crippen LogP contribution in [0.5, 0.6) is 0 Å². The highest BCUT2D eigenvalue weighted by Gasteiger charge is 2.20. The lowest BCUT2D eigenvalue weighted by Crippen LogP contribution is -2.00. The van der Waals surface area contributed by atoms with Crippen LogP contribution in [0.15, 0.2) is 158 Å². The summed E-state index contributed by atoms with van der Waals surface area (Å²) in [5.74, 6) is 1.97. The number of benzene rings is 6. The summed E-state index contributed by atoms with van der Waals surface area (Å²) in [5, 5.41) is 1.24. The molecule has 0 atom stereocenters. The van der Waals surface area contributed by atoms with Gasteiger partial charge in [0.15, 0.2) is 17.5 Å². The van der Waals surface area contributed by atoms with Crippen molar-refractivity contribution in [1.29, 1.82) is 0 Å². The lowest BCUT2D eigenvalue weighted by Gasteiger charge is -2.09. The SMILES string of the molecule is c1ccc(-c2nc(-c3ccccc3)nc(-c3ccc(-c4c5ccccc5n5c4sc4cccc(-c6ccccc6)c45)cc3)n2)cc1. The van der Waals surface area contributed by atoms with Gasteiger partial charge in [-0.15, -0.1) is 11.3 Å². The van der Waals surface area contributed by atoms with Crippen LogP contribution >= 0.6 is 11.3 Å². The molecule has 0 aliphatic heterocycles. The first-order chi connectivity index (χ1) is 22.8. The molecule has 0 amide bonds. The molecule has 9 rings (SSSR count). The third-order valence-electron chi connectivity index (χ3n) is 8.48. The van der Waals surface area contributed by atoms with Gasteiger partial charge in [-0.3, -0.25) is 4.40 Å². The van der Waals surface area contributed by atoms with Gasteiger partial charge in [0.1, 0.15) is 4.83 Å². The molecule has 0 saturated heterocycles. The van der Waals surface area contributed by atoms with Crippen LogP contribution in [0.1, 0.15) is 0 Å². The fraction of sp³-hybridized carbons (Fsp3) is 0. The van der Waals surface area contributed by atoms with Crippen molar-refractivity contribution in [3.05, 3.63) is 158 Å². The number of hydrogen-bond acceptors (Lipinski definition) is 4. The second-order valence-corrected chi connectivity index (χ2v) is 12.3. The zero-order valence-electron chi connectivity index (χ0n) is 24.7. The summed E-state index contributed by atoms with van der Waals surface area (Å²) in [6, 6.07) is 54.9. The first kappa shape index (κ1) is 26.5. The molecule has 0 spiro atoms. The zero-order valence-corrected chi connectivity index (χ0v) is 25.5. The quantitative estimate of drug-likeness (QED) is 0.196. The van der Waals surface area contributed by atoms with E-state index in [2.05, 4.69) is 101 Å². The van der Waals surface area contributed by atoms with Crippen LogP contribution in [0.2, 0.25) is 0 Å². The Morgan fingerprint density at radius 1 is 0.413 bits per heavy atom. The van der Waals surface area contributed by atoms with E-state index in [1.807, 2.05) is 72.0 Å². The minimum Gasteiger partial charge on any atom is -0.299 e. The molecule has 216 valence electrons. The van der Waals surface area contributed by atoms with Crippen LogP contribution in [0.25, 0.3) is 82.4 Å². The summed E-state index contributed by atoms with van der Waals surface area (Å²) >= 11 is 1.85. The highest BCUT2D eigenvalue weighted by atomic mass is 32.1. The third-order valence-corrected chi connectivity index (χ3v) is 9.61. The third kappa shape index (κ3) is 4.40. The van der Waals surface area contributed by atoms with E-state index in [0.717, 1.165) is 22.3 Å². The van der Waals surface area contributed by atoms with E-state index in [1.165, 1.54) is 42.6 Å². The van der Waals surface area contributed by atoms with E-state index in [-0.39, 0.29) is 0 Å². The van der Waals surface area contributed by atoms with E-state index in [1.54, 1.807) is 0 Å². The Balaban J connectivity index is 1.21. The summed E-state index contributed by atoms with van der Waals surface area (Å²) in [6.45, 7) is 0. The largest absolute Gasteiger partial charge is 0.299 e. The Bertz CT molecular complexity index is 2440. The fourth-order valence-electron chi connectivity index (χ4n) is 6.33. The Morgan fingerprint density at radius 3 is 1.52 bits per heavy atom. The van der Waals surface area contributed by atoms with Crippen LogP contribution in [0.3, 0.4) is 0 Å².